The molecule has 3 rings (SSSR count). The molecular weight excluding hydrogens is 316 g/mol. The summed E-state index contributed by atoms with van der Waals surface area (Å²) in [7, 11) is 0. The third-order valence-electron chi connectivity index (χ3n) is 5.40. The summed E-state index contributed by atoms with van der Waals surface area (Å²) in [4.78, 5) is 14.7. The number of ether oxygens (including phenoxy) is 1. The minimum absolute atomic E-state index is 0.0131. The van der Waals surface area contributed by atoms with Crippen LogP contribution in [0.25, 0.3) is 0 Å². The number of hydrogen-bond acceptors (Lipinski definition) is 4. The Morgan fingerprint density at radius 2 is 1.88 bits per heavy atom. The molecule has 5 heteroatoms. The quantitative estimate of drug-likeness (QED) is 0.857. The van der Waals surface area contributed by atoms with Gasteiger partial charge in [-0.25, -0.2) is 0 Å². The van der Waals surface area contributed by atoms with Gasteiger partial charge in [0.15, 0.2) is 0 Å². The van der Waals surface area contributed by atoms with Crippen molar-refractivity contribution in [3.05, 3.63) is 35.4 Å². The number of piperidine rings is 1. The van der Waals surface area contributed by atoms with Crippen molar-refractivity contribution in [3.8, 4) is 0 Å². The molecule has 2 aliphatic rings. The monoisotopic (exact) mass is 346 g/mol. The van der Waals surface area contributed by atoms with Crippen LogP contribution in [0.3, 0.4) is 0 Å². The zero-order chi connectivity index (χ0) is 17.6. The van der Waals surface area contributed by atoms with Crippen molar-refractivity contribution in [2.75, 3.05) is 19.7 Å². The third kappa shape index (κ3) is 5.27. The Kier molecular flexibility index (Phi) is 6.45. The van der Waals surface area contributed by atoms with Crippen molar-refractivity contribution in [2.45, 2.75) is 57.9 Å². The molecular formula is C20H30N2O3. The number of nitrogens with zero attached hydrogens (tertiary/aromatic N) is 1. The number of carbonyl (C=O) groups excluding carboxylic acids is 1. The van der Waals surface area contributed by atoms with Crippen LogP contribution in [-0.2, 0) is 22.6 Å². The maximum Gasteiger partial charge on any atom is 0.225 e. The van der Waals surface area contributed by atoms with Gasteiger partial charge in [-0.15, -0.1) is 0 Å². The second kappa shape index (κ2) is 8.79. The molecule has 2 N–H and O–H groups in total. The zero-order valence-electron chi connectivity index (χ0n) is 15.1. The maximum absolute atomic E-state index is 12.3. The van der Waals surface area contributed by atoms with Crippen molar-refractivity contribution >= 4 is 5.91 Å². The molecule has 25 heavy (non-hydrogen) atoms. The molecule has 2 atom stereocenters. The van der Waals surface area contributed by atoms with E-state index in [-0.39, 0.29) is 24.0 Å². The average Bonchev–Trinajstić information content (AvgIpc) is 2.63. The highest BCUT2D eigenvalue weighted by Crippen LogP contribution is 2.21. The predicted octanol–water partition coefficient (Wildman–Crippen LogP) is 2.07. The van der Waals surface area contributed by atoms with E-state index in [0.29, 0.717) is 6.54 Å². The fourth-order valence-corrected chi connectivity index (χ4v) is 3.69. The number of carbonyl (C=O) groups is 1. The van der Waals surface area contributed by atoms with Crippen LogP contribution in [-0.4, -0.2) is 47.8 Å². The Hall–Kier alpha value is -1.43. The fourth-order valence-electron chi connectivity index (χ4n) is 3.69. The number of aliphatic hydroxyl groups is 1. The van der Waals surface area contributed by atoms with Gasteiger partial charge in [0.2, 0.25) is 5.91 Å². The molecule has 5 nitrogen and oxygen atoms in total. The molecule has 0 spiro atoms. The number of rotatable bonds is 5. The van der Waals surface area contributed by atoms with E-state index in [0.717, 1.165) is 57.5 Å². The number of benzene rings is 1. The highest BCUT2D eigenvalue weighted by atomic mass is 16.5. The first-order chi connectivity index (χ1) is 12.1. The SMILES string of the molecule is C[C@@H]1OCCC[C@@H]1C(=O)NCc1ccc(CN2CCC(O)CC2)cc1. The lowest BCUT2D eigenvalue weighted by molar-refractivity contribution is -0.133. The predicted molar refractivity (Wildman–Crippen MR) is 96.9 cm³/mol. The lowest BCUT2D eigenvalue weighted by Gasteiger charge is -2.29. The van der Waals surface area contributed by atoms with Gasteiger partial charge in [0.25, 0.3) is 0 Å². The second-order valence-corrected chi connectivity index (χ2v) is 7.37. The van der Waals surface area contributed by atoms with Crippen LogP contribution in [0.2, 0.25) is 0 Å². The van der Waals surface area contributed by atoms with E-state index < -0.39 is 0 Å². The molecule has 0 unspecified atom stereocenters. The third-order valence-corrected chi connectivity index (χ3v) is 5.40. The lowest BCUT2D eigenvalue weighted by Crippen LogP contribution is -2.39. The molecule has 0 bridgehead atoms. The smallest absolute Gasteiger partial charge is 0.225 e. The Balaban J connectivity index is 1.45. The number of likely N-dealkylation sites (tertiary alicyclic amines) is 1. The van der Waals surface area contributed by atoms with E-state index in [4.69, 9.17) is 4.74 Å². The van der Waals surface area contributed by atoms with Gasteiger partial charge in [-0.2, -0.15) is 0 Å². The van der Waals surface area contributed by atoms with Crippen LogP contribution in [0, 0.1) is 5.92 Å². The molecule has 0 aliphatic carbocycles. The number of hydrogen-bond donors (Lipinski definition) is 2. The summed E-state index contributed by atoms with van der Waals surface area (Å²) in [6.07, 6.45) is 3.50. The van der Waals surface area contributed by atoms with Crippen LogP contribution in [0.15, 0.2) is 24.3 Å². The summed E-state index contributed by atoms with van der Waals surface area (Å²) in [6, 6.07) is 8.46. The molecule has 0 aromatic heterocycles. The van der Waals surface area contributed by atoms with Crippen molar-refractivity contribution in [3.63, 3.8) is 0 Å². The summed E-state index contributed by atoms with van der Waals surface area (Å²) in [6.45, 7) is 6.16. The van der Waals surface area contributed by atoms with E-state index in [1.807, 2.05) is 6.92 Å². The zero-order valence-corrected chi connectivity index (χ0v) is 15.1. The van der Waals surface area contributed by atoms with Gasteiger partial charge in [0, 0.05) is 32.8 Å². The Bertz CT molecular complexity index is 553. The second-order valence-electron chi connectivity index (χ2n) is 7.37. The molecule has 2 heterocycles. The summed E-state index contributed by atoms with van der Waals surface area (Å²) >= 11 is 0. The Morgan fingerprint density at radius 1 is 1.20 bits per heavy atom. The van der Waals surface area contributed by atoms with Gasteiger partial charge in [0.1, 0.15) is 0 Å². The molecule has 2 aliphatic heterocycles. The van der Waals surface area contributed by atoms with Crippen molar-refractivity contribution in [1.82, 2.24) is 10.2 Å². The van der Waals surface area contributed by atoms with Gasteiger partial charge in [-0.1, -0.05) is 24.3 Å². The fraction of sp³-hybridized carbons (Fsp3) is 0.650. The van der Waals surface area contributed by atoms with Crippen LogP contribution in [0.5, 0.6) is 0 Å². The average molecular weight is 346 g/mol. The minimum atomic E-state index is -0.125. The minimum Gasteiger partial charge on any atom is -0.393 e. The molecule has 2 saturated heterocycles. The van der Waals surface area contributed by atoms with Gasteiger partial charge in [-0.3, -0.25) is 9.69 Å². The Morgan fingerprint density at radius 3 is 2.56 bits per heavy atom. The van der Waals surface area contributed by atoms with Gasteiger partial charge >= 0.3 is 0 Å². The van der Waals surface area contributed by atoms with E-state index in [1.165, 1.54) is 5.56 Å². The summed E-state index contributed by atoms with van der Waals surface area (Å²) in [5.41, 5.74) is 2.40. The molecule has 0 saturated carbocycles. The van der Waals surface area contributed by atoms with Gasteiger partial charge in [0.05, 0.1) is 18.1 Å². The van der Waals surface area contributed by atoms with Gasteiger partial charge in [-0.05, 0) is 43.7 Å². The molecule has 1 amide bonds. The van der Waals surface area contributed by atoms with Gasteiger partial charge < -0.3 is 15.2 Å². The molecule has 2 fully saturated rings. The topological polar surface area (TPSA) is 61.8 Å². The highest BCUT2D eigenvalue weighted by molar-refractivity contribution is 5.79. The molecule has 1 aromatic carbocycles. The van der Waals surface area contributed by atoms with E-state index in [1.54, 1.807) is 0 Å². The van der Waals surface area contributed by atoms with Crippen LogP contribution in [0.4, 0.5) is 0 Å². The van der Waals surface area contributed by atoms with Crippen molar-refractivity contribution < 1.29 is 14.6 Å². The largest absolute Gasteiger partial charge is 0.393 e. The maximum atomic E-state index is 12.3. The van der Waals surface area contributed by atoms with Crippen molar-refractivity contribution in [2.24, 2.45) is 5.92 Å². The normalized spacial score (nSPS) is 25.7. The number of aliphatic hydroxyl groups excluding tert-OH is 1. The molecule has 138 valence electrons. The summed E-state index contributed by atoms with van der Waals surface area (Å²) in [5.74, 6) is 0.0747. The van der Waals surface area contributed by atoms with Crippen LogP contribution in [0.1, 0.15) is 43.7 Å². The summed E-state index contributed by atoms with van der Waals surface area (Å²) < 4.78 is 5.58. The summed E-state index contributed by atoms with van der Waals surface area (Å²) in [5, 5.41) is 12.6. The first-order valence-electron chi connectivity index (χ1n) is 9.49. The number of nitrogens with one attached hydrogen (secondary N) is 1. The Labute approximate surface area is 150 Å². The van der Waals surface area contributed by atoms with E-state index in [2.05, 4.69) is 34.5 Å². The standard InChI is InChI=1S/C20H30N2O3/c1-15-19(3-2-12-25-15)20(24)21-13-16-4-6-17(7-5-16)14-22-10-8-18(23)9-11-22/h4-7,15,18-19,23H,2-3,8-14H2,1H3,(H,21,24)/t15-,19-/m0/s1. The van der Waals surface area contributed by atoms with Crippen molar-refractivity contribution in [1.29, 1.82) is 0 Å². The van der Waals surface area contributed by atoms with Crippen LogP contribution < -0.4 is 5.32 Å². The first kappa shape index (κ1) is 18.4. The van der Waals surface area contributed by atoms with E-state index in [9.17, 15) is 9.90 Å². The lowest BCUT2D eigenvalue weighted by atomic mass is 9.94. The molecule has 1 aromatic rings. The van der Waals surface area contributed by atoms with E-state index >= 15 is 0 Å². The van der Waals surface area contributed by atoms with Crippen LogP contribution >= 0.6 is 0 Å². The number of amides is 1. The highest BCUT2D eigenvalue weighted by Gasteiger charge is 2.28. The molecule has 0 radical (unpaired) electrons. The first-order valence-corrected chi connectivity index (χ1v) is 9.49.